The number of thioether (sulfide) groups is 1. The van der Waals surface area contributed by atoms with E-state index < -0.39 is 5.97 Å². The molecule has 0 radical (unpaired) electrons. The molecule has 2 fully saturated rings. The van der Waals surface area contributed by atoms with Gasteiger partial charge in [0.25, 0.3) is 5.91 Å². The van der Waals surface area contributed by atoms with Crippen molar-refractivity contribution in [1.29, 1.82) is 0 Å². The van der Waals surface area contributed by atoms with Crippen LogP contribution < -0.4 is 9.64 Å². The van der Waals surface area contributed by atoms with Gasteiger partial charge in [0, 0.05) is 25.8 Å². The van der Waals surface area contributed by atoms with Crippen LogP contribution in [0.2, 0.25) is 0 Å². The molecule has 0 atom stereocenters. The maximum Gasteiger partial charge on any atom is 0.335 e. The fourth-order valence-corrected chi connectivity index (χ4v) is 6.61. The zero-order valence-electron chi connectivity index (χ0n) is 21.5. The van der Waals surface area contributed by atoms with Crippen molar-refractivity contribution in [2.75, 3.05) is 38.3 Å². The minimum absolute atomic E-state index is 0.119. The van der Waals surface area contributed by atoms with Gasteiger partial charge in [-0.1, -0.05) is 12.1 Å². The molecule has 0 spiro atoms. The van der Waals surface area contributed by atoms with Crippen molar-refractivity contribution in [3.05, 3.63) is 91.2 Å². The summed E-state index contributed by atoms with van der Waals surface area (Å²) in [6, 6.07) is 18.3. The average molecular weight is 687 g/mol. The summed E-state index contributed by atoms with van der Waals surface area (Å²) in [6.07, 6.45) is 1.83. The van der Waals surface area contributed by atoms with Crippen LogP contribution in [0.4, 0.5) is 11.4 Å². The number of rotatable bonds is 7. The molecule has 11 heteroatoms. The summed E-state index contributed by atoms with van der Waals surface area (Å²) >= 11 is 8.47. The molecule has 2 saturated heterocycles. The summed E-state index contributed by atoms with van der Waals surface area (Å²) in [5.74, 6) is -0.481. The van der Waals surface area contributed by atoms with E-state index in [4.69, 9.17) is 19.6 Å². The Morgan fingerprint density at radius 2 is 1.73 bits per heavy atom. The largest absolute Gasteiger partial charge is 0.487 e. The van der Waals surface area contributed by atoms with Crippen LogP contribution in [0, 0.1) is 0 Å². The summed E-state index contributed by atoms with van der Waals surface area (Å²) in [6.45, 7) is 3.48. The van der Waals surface area contributed by atoms with Crippen LogP contribution in [0.15, 0.2) is 79.5 Å². The van der Waals surface area contributed by atoms with Gasteiger partial charge in [-0.2, -0.15) is 0 Å². The highest BCUT2D eigenvalue weighted by Crippen LogP contribution is 2.38. The Morgan fingerprint density at radius 1 is 1.07 bits per heavy atom. The highest BCUT2D eigenvalue weighted by atomic mass is 79.9. The minimum atomic E-state index is -0.968. The molecule has 1 N–H and O–H groups in total. The van der Waals surface area contributed by atoms with Gasteiger partial charge in [-0.25, -0.2) is 9.79 Å². The van der Waals surface area contributed by atoms with Gasteiger partial charge in [-0.3, -0.25) is 9.69 Å². The van der Waals surface area contributed by atoms with Crippen molar-refractivity contribution in [1.82, 2.24) is 4.90 Å². The summed E-state index contributed by atoms with van der Waals surface area (Å²) in [5, 5.41) is 9.68. The van der Waals surface area contributed by atoms with Crippen LogP contribution in [0.25, 0.3) is 6.08 Å². The fourth-order valence-electron chi connectivity index (χ4n) is 4.17. The van der Waals surface area contributed by atoms with Crippen molar-refractivity contribution in [2.45, 2.75) is 6.61 Å². The summed E-state index contributed by atoms with van der Waals surface area (Å²) in [5.41, 5.74) is 3.80. The Bertz CT molecular complexity index is 1460. The number of anilines is 1. The number of hydrogen-bond donors (Lipinski definition) is 1. The van der Waals surface area contributed by atoms with Gasteiger partial charge in [0.2, 0.25) is 0 Å². The molecule has 0 aromatic heterocycles. The average Bonchev–Trinajstić information content (AvgIpc) is 3.21. The zero-order chi connectivity index (χ0) is 28.2. The lowest BCUT2D eigenvalue weighted by Crippen LogP contribution is -2.36. The van der Waals surface area contributed by atoms with Crippen LogP contribution >= 0.6 is 43.6 Å². The zero-order valence-corrected chi connectivity index (χ0v) is 25.5. The van der Waals surface area contributed by atoms with E-state index in [1.807, 2.05) is 42.5 Å². The molecule has 8 nitrogen and oxygen atoms in total. The second-order valence-corrected chi connectivity index (χ2v) is 11.8. The molecule has 2 aliphatic rings. The summed E-state index contributed by atoms with van der Waals surface area (Å²) in [7, 11) is 1.73. The third-order valence-corrected chi connectivity index (χ3v) is 8.59. The maximum atomic E-state index is 13.0. The van der Waals surface area contributed by atoms with E-state index in [0.717, 1.165) is 48.8 Å². The first-order valence-electron chi connectivity index (χ1n) is 12.4. The lowest BCUT2D eigenvalue weighted by Gasteiger charge is -2.28. The molecule has 5 rings (SSSR count). The molecule has 3 aromatic rings. The number of likely N-dealkylation sites (N-methyl/N-ethyl adjacent to an activating group) is 1. The minimum Gasteiger partial charge on any atom is -0.487 e. The number of carboxylic acid groups (broad SMARTS) is 1. The Labute approximate surface area is 252 Å². The summed E-state index contributed by atoms with van der Waals surface area (Å²) in [4.78, 5) is 33.2. The number of halogens is 2. The van der Waals surface area contributed by atoms with Crippen LogP contribution in [-0.4, -0.2) is 60.4 Å². The number of carbonyl (C=O) groups is 2. The van der Waals surface area contributed by atoms with E-state index in [1.165, 1.54) is 11.8 Å². The number of morpholine rings is 1. The number of hydrogen-bond acceptors (Lipinski definition) is 7. The number of nitrogens with zero attached hydrogens (tertiary/aromatic N) is 3. The van der Waals surface area contributed by atoms with Gasteiger partial charge in [0.05, 0.1) is 38.3 Å². The second kappa shape index (κ2) is 12.6. The number of aliphatic imine (C=N–C) groups is 1. The normalized spacial score (nSPS) is 17.6. The van der Waals surface area contributed by atoms with Gasteiger partial charge >= 0.3 is 5.97 Å². The third kappa shape index (κ3) is 6.60. The van der Waals surface area contributed by atoms with Crippen molar-refractivity contribution in [3.8, 4) is 5.75 Å². The van der Waals surface area contributed by atoms with E-state index in [0.29, 0.717) is 24.8 Å². The molecule has 40 heavy (non-hydrogen) atoms. The van der Waals surface area contributed by atoms with E-state index in [-0.39, 0.29) is 18.1 Å². The first kappa shape index (κ1) is 28.4. The summed E-state index contributed by atoms with van der Waals surface area (Å²) < 4.78 is 12.8. The standard InChI is InChI=1S/C29H25Br2N3O5S/c1-33-27(35)25(40-29(33)32-21-6-8-22(9-7-21)34-10-12-38-13-11-34)16-19-14-23(30)26(24(31)15-19)39-17-18-2-4-20(5-3-18)28(36)37/h2-9,14-16H,10-13,17H2,1H3,(H,36,37)/b25-16-,32-29?. The van der Waals surface area contributed by atoms with Gasteiger partial charge in [0.15, 0.2) is 5.17 Å². The smallest absolute Gasteiger partial charge is 0.335 e. The van der Waals surface area contributed by atoms with Gasteiger partial charge in [-0.15, -0.1) is 0 Å². The van der Waals surface area contributed by atoms with Gasteiger partial charge in [0.1, 0.15) is 12.4 Å². The SMILES string of the molecule is CN1C(=O)/C(=C/c2cc(Br)c(OCc3ccc(C(=O)O)cc3)c(Br)c2)SC1=Nc1ccc(N2CCOCC2)cc1. The Morgan fingerprint density at radius 3 is 2.35 bits per heavy atom. The quantitative estimate of drug-likeness (QED) is 0.282. The molecule has 2 aliphatic heterocycles. The predicted molar refractivity (Wildman–Crippen MR) is 164 cm³/mol. The monoisotopic (exact) mass is 685 g/mol. The molecule has 0 saturated carbocycles. The molecule has 0 unspecified atom stereocenters. The van der Waals surface area contributed by atoms with Crippen molar-refractivity contribution in [3.63, 3.8) is 0 Å². The molecule has 0 bridgehead atoms. The van der Waals surface area contributed by atoms with Gasteiger partial charge < -0.3 is 19.5 Å². The molecule has 3 aromatic carbocycles. The highest BCUT2D eigenvalue weighted by Gasteiger charge is 2.30. The predicted octanol–water partition coefficient (Wildman–Crippen LogP) is 6.56. The van der Waals surface area contributed by atoms with Crippen LogP contribution in [-0.2, 0) is 16.1 Å². The third-order valence-electron chi connectivity index (χ3n) is 6.36. The number of amidine groups is 1. The van der Waals surface area contributed by atoms with Crippen LogP contribution in [0.5, 0.6) is 5.75 Å². The number of ether oxygens (including phenoxy) is 2. The topological polar surface area (TPSA) is 91.7 Å². The van der Waals surface area contributed by atoms with Crippen molar-refractivity contribution in [2.24, 2.45) is 4.99 Å². The molecule has 2 heterocycles. The van der Waals surface area contributed by atoms with Gasteiger partial charge in [-0.05, 0) is 109 Å². The van der Waals surface area contributed by atoms with Crippen LogP contribution in [0.3, 0.4) is 0 Å². The molecule has 0 aliphatic carbocycles. The Balaban J connectivity index is 1.27. The van der Waals surface area contributed by atoms with E-state index in [9.17, 15) is 9.59 Å². The van der Waals surface area contributed by atoms with E-state index in [2.05, 4.69) is 36.8 Å². The molecule has 206 valence electrons. The van der Waals surface area contributed by atoms with Crippen LogP contribution in [0.1, 0.15) is 21.5 Å². The Hall–Kier alpha value is -3.12. The van der Waals surface area contributed by atoms with Crippen molar-refractivity contribution < 1.29 is 24.2 Å². The number of carboxylic acids is 1. The number of aromatic carboxylic acids is 1. The number of amides is 1. The highest BCUT2D eigenvalue weighted by molar-refractivity contribution is 9.11. The first-order valence-corrected chi connectivity index (χ1v) is 14.8. The molecule has 1 amide bonds. The second-order valence-electron chi connectivity index (χ2n) is 9.09. The van der Waals surface area contributed by atoms with Crippen molar-refractivity contribution >= 4 is 78.1 Å². The lowest BCUT2D eigenvalue weighted by atomic mass is 10.1. The van der Waals surface area contributed by atoms with E-state index >= 15 is 0 Å². The first-order chi connectivity index (χ1) is 19.3. The number of carbonyl (C=O) groups excluding carboxylic acids is 1. The molecular weight excluding hydrogens is 662 g/mol. The number of benzene rings is 3. The fraction of sp³-hybridized carbons (Fsp3) is 0.207. The Kier molecular flexibility index (Phi) is 8.94. The molecular formula is C29H25Br2N3O5S. The maximum absolute atomic E-state index is 13.0. The van der Waals surface area contributed by atoms with E-state index in [1.54, 1.807) is 36.2 Å². The lowest BCUT2D eigenvalue weighted by molar-refractivity contribution is -0.121.